The van der Waals surface area contributed by atoms with Crippen LogP contribution in [0, 0.1) is 6.92 Å². The Labute approximate surface area is 149 Å². The zero-order valence-corrected chi connectivity index (χ0v) is 15.4. The van der Waals surface area contributed by atoms with Gasteiger partial charge in [0.2, 0.25) is 0 Å². The number of carbonyl (C=O) groups excluding carboxylic acids is 1. The molecule has 5 heteroatoms. The quantitative estimate of drug-likeness (QED) is 0.700. The fourth-order valence-corrected chi connectivity index (χ4v) is 4.61. The lowest BCUT2D eigenvalue weighted by molar-refractivity contribution is 0.0659. The van der Waals surface area contributed by atoms with Crippen molar-refractivity contribution in [3.63, 3.8) is 0 Å². The summed E-state index contributed by atoms with van der Waals surface area (Å²) >= 11 is 3.82. The Hall–Kier alpha value is -2.14. The van der Waals surface area contributed by atoms with E-state index < -0.39 is 5.66 Å². The van der Waals surface area contributed by atoms with Crippen LogP contribution in [0.1, 0.15) is 28.4 Å². The number of carbonyl (C=O) groups is 1. The summed E-state index contributed by atoms with van der Waals surface area (Å²) in [6, 6.07) is 16.0. The van der Waals surface area contributed by atoms with Crippen molar-refractivity contribution in [2.45, 2.75) is 24.3 Å². The zero-order chi connectivity index (χ0) is 17.1. The maximum absolute atomic E-state index is 12.9. The van der Waals surface area contributed by atoms with E-state index >= 15 is 0 Å². The van der Waals surface area contributed by atoms with Gasteiger partial charge in [-0.05, 0) is 37.6 Å². The first-order chi connectivity index (χ1) is 11.5. The van der Waals surface area contributed by atoms with Gasteiger partial charge in [0.15, 0.2) is 5.66 Å². The van der Waals surface area contributed by atoms with E-state index in [2.05, 4.69) is 35.0 Å². The van der Waals surface area contributed by atoms with Crippen molar-refractivity contribution >= 4 is 33.2 Å². The number of aryl methyl sites for hydroxylation is 1. The van der Waals surface area contributed by atoms with E-state index in [-0.39, 0.29) is 10.7 Å². The van der Waals surface area contributed by atoms with E-state index in [0.717, 1.165) is 28.1 Å². The van der Waals surface area contributed by atoms with Crippen LogP contribution >= 0.6 is 15.9 Å². The van der Waals surface area contributed by atoms with Crippen LogP contribution in [0.15, 0.2) is 53.6 Å². The highest BCUT2D eigenvalue weighted by molar-refractivity contribution is 9.10. The Kier molecular flexibility index (Phi) is 3.32. The highest BCUT2D eigenvalue weighted by atomic mass is 79.9. The molecule has 2 unspecified atom stereocenters. The van der Waals surface area contributed by atoms with Gasteiger partial charge in [0.25, 0.3) is 5.91 Å². The first-order valence-electron chi connectivity index (χ1n) is 7.91. The number of amides is 1. The molecule has 2 aliphatic heterocycles. The molecule has 0 saturated carbocycles. The largest absolute Gasteiger partial charge is 0.312 e. The normalized spacial score (nSPS) is 25.4. The highest BCUT2D eigenvalue weighted by Crippen LogP contribution is 2.51. The lowest BCUT2D eigenvalue weighted by Crippen LogP contribution is -2.56. The van der Waals surface area contributed by atoms with Crippen molar-refractivity contribution < 1.29 is 4.79 Å². The van der Waals surface area contributed by atoms with Crippen LogP contribution in [-0.2, 0) is 5.66 Å². The number of benzene rings is 2. The lowest BCUT2D eigenvalue weighted by atomic mass is 9.93. The topological polar surface area (TPSA) is 35.9 Å². The van der Waals surface area contributed by atoms with Crippen molar-refractivity contribution in [1.82, 2.24) is 4.90 Å². The fourth-order valence-electron chi connectivity index (χ4n) is 3.77. The van der Waals surface area contributed by atoms with E-state index in [1.54, 1.807) is 4.90 Å². The van der Waals surface area contributed by atoms with Gasteiger partial charge in [0, 0.05) is 18.2 Å². The second-order valence-electron chi connectivity index (χ2n) is 6.39. The van der Waals surface area contributed by atoms with Gasteiger partial charge in [-0.1, -0.05) is 46.3 Å². The van der Waals surface area contributed by atoms with Crippen LogP contribution in [0.3, 0.4) is 0 Å². The third-order valence-corrected chi connectivity index (χ3v) is 6.22. The Morgan fingerprint density at radius 1 is 1.12 bits per heavy atom. The Morgan fingerprint density at radius 2 is 1.88 bits per heavy atom. The van der Waals surface area contributed by atoms with E-state index in [0.29, 0.717) is 0 Å². The van der Waals surface area contributed by atoms with E-state index in [9.17, 15) is 4.79 Å². The molecule has 122 valence electrons. The minimum atomic E-state index is -0.675. The van der Waals surface area contributed by atoms with Crippen LogP contribution < -0.4 is 5.01 Å². The van der Waals surface area contributed by atoms with Crippen molar-refractivity contribution in [2.24, 2.45) is 5.10 Å². The van der Waals surface area contributed by atoms with Crippen molar-refractivity contribution in [3.8, 4) is 0 Å². The molecule has 0 bridgehead atoms. The molecule has 0 aliphatic carbocycles. The standard InChI is InChI=1S/C19H18BrN3O/c1-12-7-6-8-14(11-12)23-19(17(20)13(2)21-23)16-10-5-4-9-15(16)18(24)22(19)3/h4-11,17H,1-3H3. The third-order valence-electron chi connectivity index (χ3n) is 4.92. The monoisotopic (exact) mass is 383 g/mol. The summed E-state index contributed by atoms with van der Waals surface area (Å²) in [5.74, 6) is 0.0256. The third kappa shape index (κ3) is 1.79. The minimum absolute atomic E-state index is 0.0256. The van der Waals surface area contributed by atoms with E-state index in [4.69, 9.17) is 5.10 Å². The molecule has 0 radical (unpaired) electrons. The number of halogens is 1. The van der Waals surface area contributed by atoms with Crippen LogP contribution in [0.4, 0.5) is 5.69 Å². The van der Waals surface area contributed by atoms with Gasteiger partial charge in [-0.25, -0.2) is 5.01 Å². The molecule has 2 atom stereocenters. The summed E-state index contributed by atoms with van der Waals surface area (Å²) in [7, 11) is 1.85. The summed E-state index contributed by atoms with van der Waals surface area (Å²) in [5, 5.41) is 6.79. The number of nitrogens with zero attached hydrogens (tertiary/aromatic N) is 3. The number of hydrogen-bond donors (Lipinski definition) is 0. The second kappa shape index (κ2) is 5.18. The number of fused-ring (bicyclic) bond motifs is 2. The van der Waals surface area contributed by atoms with Gasteiger partial charge in [0.1, 0.15) is 4.83 Å². The molecule has 2 aliphatic rings. The van der Waals surface area contributed by atoms with Crippen molar-refractivity contribution in [1.29, 1.82) is 0 Å². The first-order valence-corrected chi connectivity index (χ1v) is 8.83. The molecule has 24 heavy (non-hydrogen) atoms. The smallest absolute Gasteiger partial charge is 0.256 e. The van der Waals surface area contributed by atoms with Crippen LogP contribution in [0.2, 0.25) is 0 Å². The Morgan fingerprint density at radius 3 is 2.62 bits per heavy atom. The molecule has 1 spiro atoms. The van der Waals surface area contributed by atoms with Crippen LogP contribution in [0.5, 0.6) is 0 Å². The molecule has 0 saturated heterocycles. The predicted molar refractivity (Wildman–Crippen MR) is 99.7 cm³/mol. The maximum atomic E-state index is 12.9. The molecular weight excluding hydrogens is 366 g/mol. The Balaban J connectivity index is 2.00. The summed E-state index contributed by atoms with van der Waals surface area (Å²) in [6.45, 7) is 4.06. The van der Waals surface area contributed by atoms with Crippen molar-refractivity contribution in [3.05, 3.63) is 65.2 Å². The number of hydrogen-bond acceptors (Lipinski definition) is 3. The summed E-state index contributed by atoms with van der Waals surface area (Å²) in [4.78, 5) is 14.6. The molecule has 2 heterocycles. The van der Waals surface area contributed by atoms with E-state index in [1.807, 2.05) is 55.4 Å². The van der Waals surface area contributed by atoms with Crippen LogP contribution in [0.25, 0.3) is 0 Å². The molecule has 0 N–H and O–H groups in total. The maximum Gasteiger partial charge on any atom is 0.256 e. The highest BCUT2D eigenvalue weighted by Gasteiger charge is 2.60. The van der Waals surface area contributed by atoms with Gasteiger partial charge in [-0.2, -0.15) is 5.10 Å². The summed E-state index contributed by atoms with van der Waals surface area (Å²) in [5.41, 5.74) is 4.15. The van der Waals surface area contributed by atoms with Crippen LogP contribution in [-0.4, -0.2) is 28.4 Å². The molecular formula is C19H18BrN3O. The number of hydrazone groups is 1. The second-order valence-corrected chi connectivity index (χ2v) is 7.31. The van der Waals surface area contributed by atoms with Gasteiger partial charge in [-0.15, -0.1) is 0 Å². The fraction of sp³-hybridized carbons (Fsp3) is 0.263. The average Bonchev–Trinajstić information content (AvgIpc) is 2.98. The zero-order valence-electron chi connectivity index (χ0n) is 13.8. The molecule has 0 fully saturated rings. The number of anilines is 1. The molecule has 2 aromatic rings. The van der Waals surface area contributed by atoms with Crippen molar-refractivity contribution in [2.75, 3.05) is 12.1 Å². The van der Waals surface area contributed by atoms with Gasteiger partial charge >= 0.3 is 0 Å². The minimum Gasteiger partial charge on any atom is -0.312 e. The van der Waals surface area contributed by atoms with Gasteiger partial charge < -0.3 is 4.90 Å². The number of rotatable bonds is 1. The molecule has 1 amide bonds. The summed E-state index contributed by atoms with van der Waals surface area (Å²) < 4.78 is 0. The van der Waals surface area contributed by atoms with Gasteiger partial charge in [0.05, 0.1) is 11.4 Å². The molecule has 2 aromatic carbocycles. The Bertz CT molecular complexity index is 878. The van der Waals surface area contributed by atoms with Gasteiger partial charge in [-0.3, -0.25) is 4.79 Å². The molecule has 4 rings (SSSR count). The molecule has 4 nitrogen and oxygen atoms in total. The lowest BCUT2D eigenvalue weighted by Gasteiger charge is -2.42. The average molecular weight is 384 g/mol. The number of alkyl halides is 1. The van der Waals surface area contributed by atoms with E-state index in [1.165, 1.54) is 0 Å². The first kappa shape index (κ1) is 15.4. The summed E-state index contributed by atoms with van der Waals surface area (Å²) in [6.07, 6.45) is 0. The predicted octanol–water partition coefficient (Wildman–Crippen LogP) is 3.89. The molecule has 0 aromatic heterocycles. The SMILES string of the molecule is CC1=NN(c2cccc(C)c2)C2(c3ccccc3C(=O)N2C)C1Br.